The molecular weight excluding hydrogens is 641 g/mol. The second-order valence-electron chi connectivity index (χ2n) is 9.50. The lowest BCUT2D eigenvalue weighted by Crippen LogP contribution is -2.25. The van der Waals surface area contributed by atoms with E-state index in [2.05, 4.69) is 26.8 Å². The van der Waals surface area contributed by atoms with Crippen LogP contribution in [0.15, 0.2) is 79.1 Å². The second-order valence-corrected chi connectivity index (χ2v) is 10.5. The lowest BCUT2D eigenvalue weighted by Gasteiger charge is -2.21. The maximum Gasteiger partial charge on any atom is 0.411 e. The van der Waals surface area contributed by atoms with Gasteiger partial charge in [0.05, 0.1) is 38.3 Å². The van der Waals surface area contributed by atoms with Gasteiger partial charge in [-0.15, -0.1) is 0 Å². The first kappa shape index (κ1) is 29.1. The number of ether oxygens (including phenoxy) is 4. The molecule has 11 nitrogen and oxygen atoms in total. The highest BCUT2D eigenvalue weighted by molar-refractivity contribution is 14.1. The van der Waals surface area contributed by atoms with Crippen LogP contribution in [0.2, 0.25) is 0 Å². The molecule has 5 rings (SSSR count). The van der Waals surface area contributed by atoms with Crippen molar-refractivity contribution < 1.29 is 28.8 Å². The largest absolute Gasteiger partial charge is 0.465 e. The summed E-state index contributed by atoms with van der Waals surface area (Å²) in [5, 5.41) is 11.4. The number of hydrogen-bond donors (Lipinski definition) is 2. The van der Waals surface area contributed by atoms with Crippen LogP contribution in [0.1, 0.15) is 23.6 Å². The fraction of sp³-hybridized carbons (Fsp3) is 0.310. The molecule has 2 N–H and O–H groups in total. The van der Waals surface area contributed by atoms with Crippen molar-refractivity contribution >= 4 is 45.8 Å². The zero-order chi connectivity index (χ0) is 28.6. The number of imidazole rings is 1. The standard InChI is InChI=1S/C29H30IN5O6/c1-19-22(15-40-17-38-13-20-8-4-2-5-9-20)24(41-18-39-14-21-10-6-3-7-11-21)12-23(19)35-16-31-25-26(30)32-28(33-27(25)35)34-29(36)37/h2-11,16,22-24H,1,12-15,17-18H2,(H,36,37)(H,32,33,34)/t22-,23-,24-/m0/s1. The molecule has 3 atom stereocenters. The summed E-state index contributed by atoms with van der Waals surface area (Å²) in [4.78, 5) is 24.3. The molecule has 4 aromatic rings. The van der Waals surface area contributed by atoms with Crippen LogP contribution in [0.3, 0.4) is 0 Å². The van der Waals surface area contributed by atoms with Crippen LogP contribution in [0, 0.1) is 9.62 Å². The number of hydrogen-bond acceptors (Lipinski definition) is 8. The fourth-order valence-corrected chi connectivity index (χ4v) is 5.42. The number of fused-ring (bicyclic) bond motifs is 1. The molecule has 0 radical (unpaired) electrons. The summed E-state index contributed by atoms with van der Waals surface area (Å²) in [6.45, 7) is 5.87. The molecule has 0 bridgehead atoms. The number of rotatable bonds is 13. The molecule has 214 valence electrons. The zero-order valence-electron chi connectivity index (χ0n) is 22.2. The Labute approximate surface area is 250 Å². The monoisotopic (exact) mass is 671 g/mol. The maximum absolute atomic E-state index is 11.2. The van der Waals surface area contributed by atoms with Crippen LogP contribution in [0.5, 0.6) is 0 Å². The summed E-state index contributed by atoms with van der Waals surface area (Å²) >= 11 is 2.02. The average Bonchev–Trinajstić information content (AvgIpc) is 3.52. The van der Waals surface area contributed by atoms with E-state index in [1.165, 1.54) is 0 Å². The van der Waals surface area contributed by atoms with E-state index in [1.807, 2.05) is 87.8 Å². The molecule has 2 aromatic heterocycles. The Balaban J connectivity index is 1.27. The Morgan fingerprint density at radius 3 is 2.32 bits per heavy atom. The molecule has 1 saturated carbocycles. The Kier molecular flexibility index (Phi) is 9.90. The first-order valence-corrected chi connectivity index (χ1v) is 14.1. The SMILES string of the molecule is C=C1[C@H](COCOCc2ccccc2)[C@@H](OCOCc2ccccc2)C[C@@H]1n1cnc2c(I)nc(NC(=O)O)nc21. The van der Waals surface area contributed by atoms with Crippen molar-refractivity contribution in [2.45, 2.75) is 31.8 Å². The third kappa shape index (κ3) is 7.45. The summed E-state index contributed by atoms with van der Waals surface area (Å²) in [5.74, 6) is -0.159. The molecule has 0 aliphatic heterocycles. The van der Waals surface area contributed by atoms with E-state index >= 15 is 0 Å². The molecule has 1 fully saturated rings. The molecule has 0 unspecified atom stereocenters. The minimum Gasteiger partial charge on any atom is -0.465 e. The van der Waals surface area contributed by atoms with Crippen molar-refractivity contribution in [1.29, 1.82) is 0 Å². The van der Waals surface area contributed by atoms with Gasteiger partial charge in [-0.2, -0.15) is 4.98 Å². The van der Waals surface area contributed by atoms with Crippen LogP contribution in [-0.2, 0) is 32.2 Å². The number of anilines is 1. The van der Waals surface area contributed by atoms with Crippen molar-refractivity contribution in [1.82, 2.24) is 19.5 Å². The van der Waals surface area contributed by atoms with E-state index in [-0.39, 0.29) is 37.6 Å². The van der Waals surface area contributed by atoms with E-state index in [1.54, 1.807) is 6.33 Å². The quantitative estimate of drug-likeness (QED) is 0.0632. The van der Waals surface area contributed by atoms with Crippen molar-refractivity contribution in [2.75, 3.05) is 25.5 Å². The maximum atomic E-state index is 11.2. The van der Waals surface area contributed by atoms with Crippen molar-refractivity contribution in [3.8, 4) is 0 Å². The van der Waals surface area contributed by atoms with Gasteiger partial charge in [0.15, 0.2) is 5.65 Å². The normalized spacial score (nSPS) is 18.7. The predicted octanol–water partition coefficient (Wildman–Crippen LogP) is 5.39. The molecule has 2 heterocycles. The highest BCUT2D eigenvalue weighted by atomic mass is 127. The van der Waals surface area contributed by atoms with Crippen LogP contribution >= 0.6 is 22.6 Å². The van der Waals surface area contributed by atoms with E-state index in [4.69, 9.17) is 24.1 Å². The average molecular weight is 671 g/mol. The summed E-state index contributed by atoms with van der Waals surface area (Å²) in [6.07, 6.45) is 0.775. The van der Waals surface area contributed by atoms with Gasteiger partial charge in [-0.1, -0.05) is 67.2 Å². The summed E-state index contributed by atoms with van der Waals surface area (Å²) in [5.41, 5.74) is 4.10. The van der Waals surface area contributed by atoms with Gasteiger partial charge in [0, 0.05) is 5.92 Å². The number of nitrogens with one attached hydrogen (secondary N) is 1. The van der Waals surface area contributed by atoms with Crippen molar-refractivity contribution in [3.05, 3.63) is 94.0 Å². The van der Waals surface area contributed by atoms with Gasteiger partial charge >= 0.3 is 6.09 Å². The van der Waals surface area contributed by atoms with Gasteiger partial charge in [-0.3, -0.25) is 5.32 Å². The van der Waals surface area contributed by atoms with Gasteiger partial charge in [-0.25, -0.2) is 14.8 Å². The van der Waals surface area contributed by atoms with Gasteiger partial charge in [0.1, 0.15) is 22.8 Å². The number of halogens is 1. The van der Waals surface area contributed by atoms with Crippen molar-refractivity contribution in [2.24, 2.45) is 5.92 Å². The predicted molar refractivity (Wildman–Crippen MR) is 159 cm³/mol. The molecule has 0 saturated heterocycles. The topological polar surface area (TPSA) is 130 Å². The van der Waals surface area contributed by atoms with Gasteiger partial charge in [0.25, 0.3) is 0 Å². The van der Waals surface area contributed by atoms with E-state index in [0.29, 0.717) is 41.1 Å². The Morgan fingerprint density at radius 1 is 1.00 bits per heavy atom. The van der Waals surface area contributed by atoms with E-state index in [0.717, 1.165) is 16.7 Å². The number of amides is 1. The molecule has 1 aliphatic carbocycles. The Morgan fingerprint density at radius 2 is 1.66 bits per heavy atom. The third-order valence-electron chi connectivity index (χ3n) is 6.79. The molecule has 1 aliphatic rings. The first-order valence-electron chi connectivity index (χ1n) is 13.0. The molecule has 12 heteroatoms. The first-order chi connectivity index (χ1) is 20.0. The molecule has 2 aromatic carbocycles. The fourth-order valence-electron chi connectivity index (χ4n) is 4.81. The van der Waals surface area contributed by atoms with Gasteiger partial charge in [-0.05, 0) is 45.7 Å². The Hall–Kier alpha value is -3.43. The highest BCUT2D eigenvalue weighted by Gasteiger charge is 2.40. The molecule has 0 spiro atoms. The molecular formula is C29H30IN5O6. The summed E-state index contributed by atoms with van der Waals surface area (Å²) in [6, 6.07) is 19.6. The number of carbonyl (C=O) groups is 1. The number of benzene rings is 2. The Bertz CT molecular complexity index is 1470. The zero-order valence-corrected chi connectivity index (χ0v) is 24.3. The van der Waals surface area contributed by atoms with Crippen LogP contribution in [-0.4, -0.2) is 57.0 Å². The van der Waals surface area contributed by atoms with E-state index in [9.17, 15) is 4.79 Å². The van der Waals surface area contributed by atoms with E-state index < -0.39 is 6.09 Å². The van der Waals surface area contributed by atoms with Gasteiger partial charge < -0.3 is 28.6 Å². The summed E-state index contributed by atoms with van der Waals surface area (Å²) in [7, 11) is 0. The summed E-state index contributed by atoms with van der Waals surface area (Å²) < 4.78 is 26.1. The van der Waals surface area contributed by atoms with Crippen LogP contribution < -0.4 is 5.32 Å². The lowest BCUT2D eigenvalue weighted by molar-refractivity contribution is -0.122. The smallest absolute Gasteiger partial charge is 0.411 e. The van der Waals surface area contributed by atoms with Crippen LogP contribution in [0.4, 0.5) is 10.7 Å². The minimum absolute atomic E-state index is 0.0164. The third-order valence-corrected chi connectivity index (χ3v) is 7.55. The molecule has 1 amide bonds. The number of nitrogens with zero attached hydrogens (tertiary/aromatic N) is 4. The minimum atomic E-state index is -1.24. The lowest BCUT2D eigenvalue weighted by atomic mass is 10.0. The molecule has 41 heavy (non-hydrogen) atoms. The highest BCUT2D eigenvalue weighted by Crippen LogP contribution is 2.42. The second kappa shape index (κ2) is 14.0. The number of carboxylic acid groups (broad SMARTS) is 1. The number of aromatic nitrogens is 4. The van der Waals surface area contributed by atoms with Crippen LogP contribution in [0.25, 0.3) is 11.2 Å². The van der Waals surface area contributed by atoms with Gasteiger partial charge in [0.2, 0.25) is 5.95 Å². The van der Waals surface area contributed by atoms with Crippen molar-refractivity contribution in [3.63, 3.8) is 0 Å².